The summed E-state index contributed by atoms with van der Waals surface area (Å²) < 4.78 is 24.5. The minimum Gasteiger partial charge on any atom is -0.497 e. The Morgan fingerprint density at radius 3 is 2.41 bits per heavy atom. The van der Waals surface area contributed by atoms with Gasteiger partial charge in [-0.25, -0.2) is 9.18 Å². The summed E-state index contributed by atoms with van der Waals surface area (Å²) in [6.45, 7) is 1.17. The number of halogens is 1. The van der Waals surface area contributed by atoms with Crippen molar-refractivity contribution in [3.05, 3.63) is 24.3 Å². The molecule has 22 heavy (non-hydrogen) atoms. The van der Waals surface area contributed by atoms with Crippen LogP contribution in [-0.2, 0) is 9.59 Å². The fourth-order valence-corrected chi connectivity index (χ4v) is 2.30. The number of hydrogen-bond acceptors (Lipinski definition) is 4. The van der Waals surface area contributed by atoms with Crippen LogP contribution < -0.4 is 9.47 Å². The Bertz CT molecular complexity index is 562. The highest BCUT2D eigenvalue weighted by Crippen LogP contribution is 2.27. The van der Waals surface area contributed by atoms with Crippen molar-refractivity contribution >= 4 is 11.9 Å². The van der Waals surface area contributed by atoms with Gasteiger partial charge in [-0.3, -0.25) is 4.79 Å². The van der Waals surface area contributed by atoms with Crippen LogP contribution >= 0.6 is 0 Å². The van der Waals surface area contributed by atoms with Crippen molar-refractivity contribution in [1.29, 1.82) is 0 Å². The topological polar surface area (TPSA) is 76.1 Å². The second-order valence-corrected chi connectivity index (χ2v) is 5.22. The van der Waals surface area contributed by atoms with E-state index in [1.807, 2.05) is 0 Å². The number of rotatable bonds is 5. The Morgan fingerprint density at radius 1 is 1.32 bits per heavy atom. The zero-order valence-corrected chi connectivity index (χ0v) is 12.4. The molecule has 0 aromatic heterocycles. The highest BCUT2D eigenvalue weighted by Gasteiger charge is 2.47. The number of amides is 1. The second kappa shape index (κ2) is 6.21. The lowest BCUT2D eigenvalue weighted by molar-refractivity contribution is -0.150. The van der Waals surface area contributed by atoms with Crippen LogP contribution in [0.2, 0.25) is 0 Å². The van der Waals surface area contributed by atoms with Crippen molar-refractivity contribution in [2.24, 2.45) is 0 Å². The third kappa shape index (κ3) is 3.29. The Labute approximate surface area is 127 Å². The third-order valence-electron chi connectivity index (χ3n) is 3.63. The molecule has 1 saturated heterocycles. The largest absolute Gasteiger partial charge is 0.497 e. The van der Waals surface area contributed by atoms with Crippen molar-refractivity contribution in [3.8, 4) is 11.5 Å². The van der Waals surface area contributed by atoms with E-state index < -0.39 is 30.2 Å². The molecule has 0 aliphatic carbocycles. The molecule has 1 amide bonds. The summed E-state index contributed by atoms with van der Waals surface area (Å²) >= 11 is 0. The number of nitrogens with zero attached hydrogens (tertiary/aromatic N) is 1. The maximum Gasteiger partial charge on any atom is 0.343 e. The maximum atomic E-state index is 14.0. The molecule has 1 aliphatic rings. The molecule has 7 heteroatoms. The predicted molar refractivity (Wildman–Crippen MR) is 75.8 cm³/mol. The van der Waals surface area contributed by atoms with Crippen LogP contribution in [0, 0.1) is 0 Å². The lowest BCUT2D eigenvalue weighted by Crippen LogP contribution is -2.43. The minimum atomic E-state index is -2.37. The molecule has 2 rings (SSSR count). The summed E-state index contributed by atoms with van der Waals surface area (Å²) in [5.74, 6) is -0.830. The van der Waals surface area contributed by atoms with Crippen molar-refractivity contribution in [2.75, 3.05) is 20.2 Å². The SMILES string of the molecule is COc1ccc(OC(C)C(=O)N2CCC(F)(C(=O)O)C2)cc1. The first kappa shape index (κ1) is 16.1. The number of alkyl halides is 1. The highest BCUT2D eigenvalue weighted by molar-refractivity contribution is 5.84. The van der Waals surface area contributed by atoms with E-state index in [2.05, 4.69) is 0 Å². The summed E-state index contributed by atoms with van der Waals surface area (Å²) in [5.41, 5.74) is -2.37. The van der Waals surface area contributed by atoms with Crippen LogP contribution in [-0.4, -0.2) is 53.9 Å². The van der Waals surface area contributed by atoms with Gasteiger partial charge in [0.25, 0.3) is 5.91 Å². The fraction of sp³-hybridized carbons (Fsp3) is 0.467. The minimum absolute atomic E-state index is 0.0674. The quantitative estimate of drug-likeness (QED) is 0.891. The average Bonchev–Trinajstić information content (AvgIpc) is 2.91. The molecule has 1 aliphatic heterocycles. The monoisotopic (exact) mass is 311 g/mol. The fourth-order valence-electron chi connectivity index (χ4n) is 2.30. The molecule has 1 aromatic rings. The number of methoxy groups -OCH3 is 1. The maximum absolute atomic E-state index is 14.0. The van der Waals surface area contributed by atoms with Gasteiger partial charge < -0.3 is 19.5 Å². The predicted octanol–water partition coefficient (Wildman–Crippen LogP) is 1.49. The Balaban J connectivity index is 1.96. The molecular weight excluding hydrogens is 293 g/mol. The second-order valence-electron chi connectivity index (χ2n) is 5.22. The summed E-state index contributed by atoms with van der Waals surface area (Å²) in [6.07, 6.45) is -1.03. The van der Waals surface area contributed by atoms with Gasteiger partial charge in [0.2, 0.25) is 5.67 Å². The van der Waals surface area contributed by atoms with E-state index >= 15 is 0 Å². The van der Waals surface area contributed by atoms with Gasteiger partial charge in [-0.2, -0.15) is 0 Å². The molecule has 0 spiro atoms. The van der Waals surface area contributed by atoms with Gasteiger partial charge in [-0.15, -0.1) is 0 Å². The Morgan fingerprint density at radius 2 is 1.91 bits per heavy atom. The number of aliphatic carboxylic acids is 1. The molecular formula is C15H18FNO5. The molecule has 6 nitrogen and oxygen atoms in total. The molecule has 1 aromatic carbocycles. The molecule has 2 unspecified atom stereocenters. The molecule has 0 radical (unpaired) electrons. The van der Waals surface area contributed by atoms with Crippen molar-refractivity contribution in [1.82, 2.24) is 4.90 Å². The van der Waals surface area contributed by atoms with Crippen molar-refractivity contribution in [2.45, 2.75) is 25.1 Å². The smallest absolute Gasteiger partial charge is 0.343 e. The van der Waals surface area contributed by atoms with Crippen LogP contribution in [0.5, 0.6) is 11.5 Å². The van der Waals surface area contributed by atoms with Gasteiger partial charge in [0, 0.05) is 13.0 Å². The van der Waals surface area contributed by atoms with Crippen molar-refractivity contribution < 1.29 is 28.6 Å². The zero-order valence-electron chi connectivity index (χ0n) is 12.4. The first-order valence-electron chi connectivity index (χ1n) is 6.87. The number of likely N-dealkylation sites (tertiary alicyclic amines) is 1. The van der Waals surface area contributed by atoms with E-state index in [0.717, 1.165) is 0 Å². The van der Waals surface area contributed by atoms with E-state index in [1.165, 1.54) is 4.90 Å². The highest BCUT2D eigenvalue weighted by atomic mass is 19.1. The van der Waals surface area contributed by atoms with Gasteiger partial charge in [-0.1, -0.05) is 0 Å². The molecule has 1 N–H and O–H groups in total. The van der Waals surface area contributed by atoms with E-state index in [9.17, 15) is 14.0 Å². The number of carboxylic acids is 1. The van der Waals surface area contributed by atoms with E-state index in [0.29, 0.717) is 11.5 Å². The number of carbonyl (C=O) groups is 2. The number of carboxylic acid groups (broad SMARTS) is 1. The number of ether oxygens (including phenoxy) is 2. The normalized spacial score (nSPS) is 22.2. The molecule has 1 fully saturated rings. The van der Waals surface area contributed by atoms with Gasteiger partial charge in [-0.05, 0) is 31.2 Å². The summed E-state index contributed by atoms with van der Waals surface area (Å²) in [7, 11) is 1.54. The summed E-state index contributed by atoms with van der Waals surface area (Å²) in [4.78, 5) is 24.2. The Kier molecular flexibility index (Phi) is 4.54. The van der Waals surface area contributed by atoms with Crippen LogP contribution in [0.1, 0.15) is 13.3 Å². The lowest BCUT2D eigenvalue weighted by Gasteiger charge is -2.22. The van der Waals surface area contributed by atoms with Gasteiger partial charge in [0.15, 0.2) is 6.10 Å². The lowest BCUT2D eigenvalue weighted by atomic mass is 10.1. The van der Waals surface area contributed by atoms with Gasteiger partial charge in [0.1, 0.15) is 11.5 Å². The summed E-state index contributed by atoms with van der Waals surface area (Å²) in [6, 6.07) is 6.70. The molecule has 0 saturated carbocycles. The number of hydrogen-bond donors (Lipinski definition) is 1. The zero-order chi connectivity index (χ0) is 16.3. The van der Waals surface area contributed by atoms with Crippen LogP contribution in [0.3, 0.4) is 0 Å². The van der Waals surface area contributed by atoms with E-state index in [1.54, 1.807) is 38.3 Å². The molecule has 0 bridgehead atoms. The molecule has 120 valence electrons. The molecule has 2 atom stereocenters. The summed E-state index contributed by atoms with van der Waals surface area (Å²) in [5, 5.41) is 8.84. The first-order chi connectivity index (χ1) is 10.4. The van der Waals surface area contributed by atoms with Crippen LogP contribution in [0.25, 0.3) is 0 Å². The van der Waals surface area contributed by atoms with Gasteiger partial charge in [0.05, 0.1) is 13.7 Å². The molecule has 1 heterocycles. The average molecular weight is 311 g/mol. The van der Waals surface area contributed by atoms with Gasteiger partial charge >= 0.3 is 5.97 Å². The van der Waals surface area contributed by atoms with E-state index in [-0.39, 0.29) is 13.0 Å². The number of carbonyl (C=O) groups excluding carboxylic acids is 1. The Hall–Kier alpha value is -2.31. The van der Waals surface area contributed by atoms with Crippen LogP contribution in [0.15, 0.2) is 24.3 Å². The standard InChI is InChI=1S/C15H18FNO5/c1-10(22-12-5-3-11(21-2)4-6-12)13(18)17-8-7-15(16,9-17)14(19)20/h3-6,10H,7-9H2,1-2H3,(H,19,20). The van der Waals surface area contributed by atoms with E-state index in [4.69, 9.17) is 14.6 Å². The van der Waals surface area contributed by atoms with Crippen LogP contribution in [0.4, 0.5) is 4.39 Å². The first-order valence-corrected chi connectivity index (χ1v) is 6.87. The third-order valence-corrected chi connectivity index (χ3v) is 3.63. The van der Waals surface area contributed by atoms with Crippen molar-refractivity contribution in [3.63, 3.8) is 0 Å². The number of benzene rings is 1.